The summed E-state index contributed by atoms with van der Waals surface area (Å²) in [4.78, 5) is 0. The second-order valence-electron chi connectivity index (χ2n) is 5.02. The molecule has 4 heteroatoms. The van der Waals surface area contributed by atoms with E-state index in [4.69, 9.17) is 10.5 Å². The minimum absolute atomic E-state index is 0.0128. The van der Waals surface area contributed by atoms with Crippen LogP contribution in [-0.2, 0) is 4.74 Å². The van der Waals surface area contributed by atoms with Crippen LogP contribution in [0.4, 0.5) is 5.69 Å². The molecule has 3 N–H and O–H groups in total. The lowest BCUT2D eigenvalue weighted by molar-refractivity contribution is 0.0549. The van der Waals surface area contributed by atoms with Gasteiger partial charge in [-0.25, -0.2) is 0 Å². The smallest absolute Gasteiger partial charge is 0.0573 e. The Morgan fingerprint density at radius 1 is 1.39 bits per heavy atom. The number of halogens is 1. The van der Waals surface area contributed by atoms with Crippen molar-refractivity contribution in [3.05, 3.63) is 28.7 Å². The Hall–Kier alpha value is -0.580. The Labute approximate surface area is 117 Å². The van der Waals surface area contributed by atoms with Crippen molar-refractivity contribution in [1.82, 2.24) is 0 Å². The van der Waals surface area contributed by atoms with Crippen LogP contribution < -0.4 is 11.1 Å². The van der Waals surface area contributed by atoms with Gasteiger partial charge in [0.25, 0.3) is 0 Å². The molecule has 0 bridgehead atoms. The van der Waals surface area contributed by atoms with E-state index >= 15 is 0 Å². The Balaban J connectivity index is 2.08. The number of nitrogens with one attached hydrogen (secondary N) is 1. The van der Waals surface area contributed by atoms with Gasteiger partial charge in [0.1, 0.15) is 0 Å². The van der Waals surface area contributed by atoms with E-state index in [2.05, 4.69) is 27.3 Å². The molecule has 0 amide bonds. The number of para-hydroxylation sites is 1. The number of anilines is 1. The number of hydrogen-bond donors (Lipinski definition) is 2. The number of nitrogens with two attached hydrogens (primary N) is 1. The fourth-order valence-electron chi connectivity index (χ4n) is 2.61. The molecule has 2 rings (SSSR count). The molecule has 3 nitrogen and oxygen atoms in total. The molecule has 1 aromatic carbocycles. The minimum Gasteiger partial charge on any atom is -0.381 e. The lowest BCUT2D eigenvalue weighted by atomic mass is 9.80. The van der Waals surface area contributed by atoms with Crippen LogP contribution in [0.3, 0.4) is 0 Å². The molecule has 0 spiro atoms. The third kappa shape index (κ3) is 3.05. The zero-order valence-electron chi connectivity index (χ0n) is 10.8. The first-order chi connectivity index (χ1) is 8.69. The zero-order chi connectivity index (χ0) is 13.0. The van der Waals surface area contributed by atoms with Crippen LogP contribution in [-0.4, -0.2) is 25.3 Å². The highest BCUT2D eigenvalue weighted by Crippen LogP contribution is 2.34. The van der Waals surface area contributed by atoms with Crippen molar-refractivity contribution in [2.24, 2.45) is 5.73 Å². The van der Waals surface area contributed by atoms with E-state index in [1.807, 2.05) is 18.2 Å². The zero-order valence-corrected chi connectivity index (χ0v) is 12.4. The second-order valence-corrected chi connectivity index (χ2v) is 5.88. The molecule has 0 unspecified atom stereocenters. The third-order valence-corrected chi connectivity index (χ3v) is 4.58. The van der Waals surface area contributed by atoms with Gasteiger partial charge in [-0.3, -0.25) is 0 Å². The summed E-state index contributed by atoms with van der Waals surface area (Å²) in [5.41, 5.74) is 7.14. The molecule has 1 aliphatic carbocycles. The van der Waals surface area contributed by atoms with Gasteiger partial charge in [-0.1, -0.05) is 12.1 Å². The number of hydrogen-bond acceptors (Lipinski definition) is 3. The van der Waals surface area contributed by atoms with Crippen molar-refractivity contribution < 1.29 is 4.74 Å². The standard InChI is InChI=1S/C14H21BrN2O/c1-18-11-6-8-14(10-16,9-7-11)17-13-5-3-2-4-12(13)15/h2-5,11,17H,6-10,16H2,1H3. The van der Waals surface area contributed by atoms with Gasteiger partial charge in [0, 0.05) is 29.4 Å². The van der Waals surface area contributed by atoms with Gasteiger partial charge in [-0.05, 0) is 53.7 Å². The average molecular weight is 313 g/mol. The summed E-state index contributed by atoms with van der Waals surface area (Å²) in [5, 5.41) is 3.63. The predicted octanol–water partition coefficient (Wildman–Crippen LogP) is 3.15. The molecule has 0 heterocycles. The molecule has 1 aliphatic rings. The van der Waals surface area contributed by atoms with Crippen LogP contribution in [0.2, 0.25) is 0 Å². The highest BCUT2D eigenvalue weighted by Gasteiger charge is 2.34. The number of benzene rings is 1. The van der Waals surface area contributed by atoms with E-state index in [0.29, 0.717) is 12.6 Å². The molecule has 0 radical (unpaired) electrons. The van der Waals surface area contributed by atoms with E-state index in [-0.39, 0.29) is 5.54 Å². The van der Waals surface area contributed by atoms with Crippen molar-refractivity contribution in [1.29, 1.82) is 0 Å². The van der Waals surface area contributed by atoms with Crippen molar-refractivity contribution in [3.63, 3.8) is 0 Å². The quantitative estimate of drug-likeness (QED) is 0.898. The first-order valence-corrected chi connectivity index (χ1v) is 7.24. The molecular formula is C14H21BrN2O. The fraction of sp³-hybridized carbons (Fsp3) is 0.571. The highest BCUT2D eigenvalue weighted by molar-refractivity contribution is 9.10. The van der Waals surface area contributed by atoms with Crippen LogP contribution >= 0.6 is 15.9 Å². The maximum absolute atomic E-state index is 6.00. The molecule has 0 aliphatic heterocycles. The van der Waals surface area contributed by atoms with Crippen molar-refractivity contribution in [2.45, 2.75) is 37.3 Å². The van der Waals surface area contributed by atoms with E-state index in [9.17, 15) is 0 Å². The van der Waals surface area contributed by atoms with Crippen LogP contribution in [0.1, 0.15) is 25.7 Å². The number of methoxy groups -OCH3 is 1. The van der Waals surface area contributed by atoms with Crippen LogP contribution in [0.15, 0.2) is 28.7 Å². The SMILES string of the molecule is COC1CCC(CN)(Nc2ccccc2Br)CC1. The summed E-state index contributed by atoms with van der Waals surface area (Å²) in [5.74, 6) is 0. The lowest BCUT2D eigenvalue weighted by Crippen LogP contribution is -2.49. The first-order valence-electron chi connectivity index (χ1n) is 6.45. The maximum Gasteiger partial charge on any atom is 0.0573 e. The van der Waals surface area contributed by atoms with E-state index in [1.54, 1.807) is 7.11 Å². The van der Waals surface area contributed by atoms with Gasteiger partial charge < -0.3 is 15.8 Å². The van der Waals surface area contributed by atoms with Gasteiger partial charge in [0.2, 0.25) is 0 Å². The van der Waals surface area contributed by atoms with Crippen molar-refractivity contribution >= 4 is 21.6 Å². The Bertz CT molecular complexity index is 389. The maximum atomic E-state index is 6.00. The molecule has 1 saturated carbocycles. The molecule has 1 aromatic rings. The van der Waals surface area contributed by atoms with E-state index < -0.39 is 0 Å². The van der Waals surface area contributed by atoms with E-state index in [0.717, 1.165) is 35.8 Å². The largest absolute Gasteiger partial charge is 0.381 e. The third-order valence-electron chi connectivity index (χ3n) is 3.89. The summed E-state index contributed by atoms with van der Waals surface area (Å²) in [7, 11) is 1.79. The second kappa shape index (κ2) is 6.04. The summed E-state index contributed by atoms with van der Waals surface area (Å²) in [6.07, 6.45) is 4.66. The minimum atomic E-state index is 0.0128. The molecule has 1 fully saturated rings. The molecule has 0 atom stereocenters. The molecule has 100 valence electrons. The summed E-state index contributed by atoms with van der Waals surface area (Å²) >= 11 is 3.57. The van der Waals surface area contributed by atoms with Crippen LogP contribution in [0.5, 0.6) is 0 Å². The monoisotopic (exact) mass is 312 g/mol. The Morgan fingerprint density at radius 2 is 2.06 bits per heavy atom. The van der Waals surface area contributed by atoms with Gasteiger partial charge >= 0.3 is 0 Å². The van der Waals surface area contributed by atoms with E-state index in [1.165, 1.54) is 0 Å². The molecule has 0 saturated heterocycles. The number of ether oxygens (including phenoxy) is 1. The molecule has 0 aromatic heterocycles. The topological polar surface area (TPSA) is 47.3 Å². The van der Waals surface area contributed by atoms with Crippen molar-refractivity contribution in [3.8, 4) is 0 Å². The van der Waals surface area contributed by atoms with Gasteiger partial charge in [-0.2, -0.15) is 0 Å². The van der Waals surface area contributed by atoms with Gasteiger partial charge in [-0.15, -0.1) is 0 Å². The molecule has 18 heavy (non-hydrogen) atoms. The summed E-state index contributed by atoms with van der Waals surface area (Å²) in [6.45, 7) is 0.658. The Morgan fingerprint density at radius 3 is 2.61 bits per heavy atom. The molecular weight excluding hydrogens is 292 g/mol. The average Bonchev–Trinajstić information content (AvgIpc) is 2.42. The fourth-order valence-corrected chi connectivity index (χ4v) is 2.99. The summed E-state index contributed by atoms with van der Waals surface area (Å²) in [6, 6.07) is 8.20. The predicted molar refractivity (Wildman–Crippen MR) is 78.8 cm³/mol. The van der Waals surface area contributed by atoms with Gasteiger partial charge in [0.15, 0.2) is 0 Å². The van der Waals surface area contributed by atoms with Crippen molar-refractivity contribution in [2.75, 3.05) is 19.0 Å². The number of rotatable bonds is 4. The summed E-state index contributed by atoms with van der Waals surface area (Å²) < 4.78 is 6.51. The first kappa shape index (κ1) is 13.8. The lowest BCUT2D eigenvalue weighted by Gasteiger charge is -2.40. The Kier molecular flexibility index (Phi) is 4.65. The van der Waals surface area contributed by atoms with Crippen LogP contribution in [0.25, 0.3) is 0 Å². The highest BCUT2D eigenvalue weighted by atomic mass is 79.9. The van der Waals surface area contributed by atoms with Crippen LogP contribution in [0, 0.1) is 0 Å². The van der Waals surface area contributed by atoms with Gasteiger partial charge in [0.05, 0.1) is 6.10 Å². The normalized spacial score (nSPS) is 28.1.